The van der Waals surface area contributed by atoms with Crippen molar-refractivity contribution in [3.8, 4) is 12.3 Å². The lowest BCUT2D eigenvalue weighted by atomic mass is 10.1. The predicted octanol–water partition coefficient (Wildman–Crippen LogP) is 3.11. The summed E-state index contributed by atoms with van der Waals surface area (Å²) in [4.78, 5) is 10.9. The Hall–Kier alpha value is -2.22. The number of hydrogen-bond donors (Lipinski definition) is 0. The molecule has 1 aromatic heterocycles. The van der Waals surface area contributed by atoms with Gasteiger partial charge in [0.2, 0.25) is 0 Å². The van der Waals surface area contributed by atoms with Crippen LogP contribution < -0.4 is 0 Å². The van der Waals surface area contributed by atoms with Gasteiger partial charge < -0.3 is 4.57 Å². The predicted molar refractivity (Wildman–Crippen MR) is 61.2 cm³/mol. The Morgan fingerprint density at radius 1 is 1.33 bits per heavy atom. The van der Waals surface area contributed by atoms with Crippen LogP contribution in [0.2, 0.25) is 0 Å². The quantitative estimate of drug-likeness (QED) is 0.593. The van der Waals surface area contributed by atoms with E-state index in [1.54, 1.807) is 12.1 Å². The average molecular weight is 251 g/mol. The van der Waals surface area contributed by atoms with E-state index in [0.717, 1.165) is 4.57 Å². The summed E-state index contributed by atoms with van der Waals surface area (Å²) in [6.07, 6.45) is 0.689. The van der Waals surface area contributed by atoms with Gasteiger partial charge in [0.25, 0.3) is 0 Å². The van der Waals surface area contributed by atoms with Crippen molar-refractivity contribution in [2.24, 2.45) is 0 Å². The smallest absolute Gasteiger partial charge is 0.325 e. The highest BCUT2D eigenvalue weighted by atomic mass is 19.4. The number of carbonyl (C=O) groups is 1. The van der Waals surface area contributed by atoms with Gasteiger partial charge in [-0.2, -0.15) is 13.2 Å². The van der Waals surface area contributed by atoms with Gasteiger partial charge in [0.1, 0.15) is 5.69 Å². The third-order valence-corrected chi connectivity index (χ3v) is 2.65. The zero-order chi connectivity index (χ0) is 13.3. The molecule has 0 aliphatic heterocycles. The number of terminal acetylenes is 1. The lowest BCUT2D eigenvalue weighted by Gasteiger charge is -2.11. The maximum Gasteiger partial charge on any atom is 0.432 e. The topological polar surface area (TPSA) is 22.0 Å². The standard InChI is InChI=1S/C13H8F3NO/c1-2-7-17-11-6-4-3-5-9(11)10(8-18)12(17)13(14,15)16/h1,3-6,8H,7H2. The SMILES string of the molecule is C#CCn1c(C(F)(F)F)c(C=O)c2ccccc21. The zero-order valence-electron chi connectivity index (χ0n) is 9.16. The molecule has 0 unspecified atom stereocenters. The Bertz CT molecular complexity index is 647. The van der Waals surface area contributed by atoms with Crippen LogP contribution in [0.15, 0.2) is 24.3 Å². The van der Waals surface area contributed by atoms with Crippen LogP contribution in [-0.2, 0) is 12.7 Å². The molecule has 1 aromatic carbocycles. The fourth-order valence-corrected chi connectivity index (χ4v) is 2.01. The highest BCUT2D eigenvalue weighted by Gasteiger charge is 2.38. The molecule has 0 fully saturated rings. The first-order chi connectivity index (χ1) is 8.50. The minimum atomic E-state index is -4.62. The highest BCUT2D eigenvalue weighted by molar-refractivity contribution is 5.99. The maximum absolute atomic E-state index is 13.0. The van der Waals surface area contributed by atoms with Crippen LogP contribution in [-0.4, -0.2) is 10.9 Å². The van der Waals surface area contributed by atoms with E-state index in [2.05, 4.69) is 5.92 Å². The molecule has 0 aliphatic carbocycles. The molecule has 0 amide bonds. The number of para-hydroxylation sites is 1. The second-order valence-electron chi connectivity index (χ2n) is 3.69. The highest BCUT2D eigenvalue weighted by Crippen LogP contribution is 2.37. The maximum atomic E-state index is 13.0. The lowest BCUT2D eigenvalue weighted by molar-refractivity contribution is -0.143. The van der Waals surface area contributed by atoms with Crippen LogP contribution in [0, 0.1) is 12.3 Å². The Labute approximate surface area is 101 Å². The number of carbonyl (C=O) groups excluding carboxylic acids is 1. The number of alkyl halides is 3. The van der Waals surface area contributed by atoms with E-state index in [-0.39, 0.29) is 23.8 Å². The van der Waals surface area contributed by atoms with Gasteiger partial charge in [-0.3, -0.25) is 4.79 Å². The van der Waals surface area contributed by atoms with Gasteiger partial charge in [0.05, 0.1) is 17.6 Å². The van der Waals surface area contributed by atoms with Crippen molar-refractivity contribution < 1.29 is 18.0 Å². The fourth-order valence-electron chi connectivity index (χ4n) is 2.01. The Morgan fingerprint density at radius 2 is 2.00 bits per heavy atom. The molecule has 0 saturated heterocycles. The molecule has 0 bridgehead atoms. The summed E-state index contributed by atoms with van der Waals surface area (Å²) in [5.41, 5.74) is -1.05. The minimum absolute atomic E-state index is 0.220. The largest absolute Gasteiger partial charge is 0.432 e. The van der Waals surface area contributed by atoms with Gasteiger partial charge in [0, 0.05) is 5.39 Å². The fraction of sp³-hybridized carbons (Fsp3) is 0.154. The second kappa shape index (κ2) is 4.22. The van der Waals surface area contributed by atoms with Crippen molar-refractivity contribution in [2.45, 2.75) is 12.7 Å². The normalized spacial score (nSPS) is 11.4. The van der Waals surface area contributed by atoms with Crippen molar-refractivity contribution in [1.82, 2.24) is 4.57 Å². The van der Waals surface area contributed by atoms with Crippen LogP contribution in [0.3, 0.4) is 0 Å². The van der Waals surface area contributed by atoms with E-state index in [4.69, 9.17) is 6.42 Å². The van der Waals surface area contributed by atoms with Gasteiger partial charge in [0.15, 0.2) is 6.29 Å². The van der Waals surface area contributed by atoms with E-state index in [9.17, 15) is 18.0 Å². The van der Waals surface area contributed by atoms with Gasteiger partial charge in [-0.1, -0.05) is 24.1 Å². The molecule has 18 heavy (non-hydrogen) atoms. The Morgan fingerprint density at radius 3 is 2.56 bits per heavy atom. The first-order valence-electron chi connectivity index (χ1n) is 5.07. The Balaban J connectivity index is 2.93. The molecule has 0 radical (unpaired) electrons. The monoisotopic (exact) mass is 251 g/mol. The molecular weight excluding hydrogens is 243 g/mol. The first-order valence-corrected chi connectivity index (χ1v) is 5.07. The number of aldehydes is 1. The van der Waals surface area contributed by atoms with Crippen LogP contribution in [0.4, 0.5) is 13.2 Å². The van der Waals surface area contributed by atoms with Crippen molar-refractivity contribution in [3.63, 3.8) is 0 Å². The lowest BCUT2D eigenvalue weighted by Crippen LogP contribution is -2.15. The van der Waals surface area contributed by atoms with Crippen LogP contribution in [0.25, 0.3) is 10.9 Å². The number of fused-ring (bicyclic) bond motifs is 1. The van der Waals surface area contributed by atoms with E-state index >= 15 is 0 Å². The summed E-state index contributed by atoms with van der Waals surface area (Å²) in [6, 6.07) is 6.16. The summed E-state index contributed by atoms with van der Waals surface area (Å²) < 4.78 is 40.0. The minimum Gasteiger partial charge on any atom is -0.325 e. The van der Waals surface area contributed by atoms with Gasteiger partial charge in [-0.05, 0) is 6.07 Å². The van der Waals surface area contributed by atoms with E-state index < -0.39 is 11.9 Å². The number of aromatic nitrogens is 1. The molecule has 2 aromatic rings. The zero-order valence-corrected chi connectivity index (χ0v) is 9.16. The number of nitrogens with zero attached hydrogens (tertiary/aromatic N) is 1. The van der Waals surface area contributed by atoms with Crippen LogP contribution in [0.5, 0.6) is 0 Å². The first kappa shape index (κ1) is 12.2. The van der Waals surface area contributed by atoms with Gasteiger partial charge in [-0.15, -0.1) is 6.42 Å². The number of hydrogen-bond acceptors (Lipinski definition) is 1. The van der Waals surface area contributed by atoms with E-state index in [1.807, 2.05) is 0 Å². The summed E-state index contributed by atoms with van der Waals surface area (Å²) >= 11 is 0. The van der Waals surface area contributed by atoms with Crippen LogP contribution in [0.1, 0.15) is 16.1 Å². The number of benzene rings is 1. The third kappa shape index (κ3) is 1.76. The molecule has 0 saturated carbocycles. The summed E-state index contributed by atoms with van der Waals surface area (Å²) in [7, 11) is 0. The summed E-state index contributed by atoms with van der Waals surface area (Å²) in [5.74, 6) is 2.17. The van der Waals surface area contributed by atoms with Crippen molar-refractivity contribution in [1.29, 1.82) is 0 Å². The summed E-state index contributed by atoms with van der Waals surface area (Å²) in [5, 5.41) is 0.259. The van der Waals surface area contributed by atoms with Gasteiger partial charge in [-0.25, -0.2) is 0 Å². The Kier molecular flexibility index (Phi) is 2.87. The molecular formula is C13H8F3NO. The summed E-state index contributed by atoms with van der Waals surface area (Å²) in [6.45, 7) is -0.233. The van der Waals surface area contributed by atoms with E-state index in [1.165, 1.54) is 12.1 Å². The molecule has 0 atom stereocenters. The number of halogens is 3. The molecule has 0 N–H and O–H groups in total. The third-order valence-electron chi connectivity index (χ3n) is 2.65. The van der Waals surface area contributed by atoms with Crippen LogP contribution >= 0.6 is 0 Å². The van der Waals surface area contributed by atoms with Crippen molar-refractivity contribution >= 4 is 17.2 Å². The number of rotatable bonds is 2. The van der Waals surface area contributed by atoms with E-state index in [0.29, 0.717) is 5.52 Å². The molecule has 2 nitrogen and oxygen atoms in total. The van der Waals surface area contributed by atoms with Crippen molar-refractivity contribution in [2.75, 3.05) is 0 Å². The van der Waals surface area contributed by atoms with Crippen molar-refractivity contribution in [3.05, 3.63) is 35.5 Å². The van der Waals surface area contributed by atoms with Gasteiger partial charge >= 0.3 is 6.18 Å². The molecule has 1 heterocycles. The average Bonchev–Trinajstić information content (AvgIpc) is 2.64. The molecule has 92 valence electrons. The molecule has 0 spiro atoms. The molecule has 0 aliphatic rings. The molecule has 2 rings (SSSR count). The molecule has 5 heteroatoms. The second-order valence-corrected chi connectivity index (χ2v) is 3.69.